The van der Waals surface area contributed by atoms with Crippen LogP contribution in [0.15, 0.2) is 35.5 Å². The monoisotopic (exact) mass is 411 g/mol. The summed E-state index contributed by atoms with van der Waals surface area (Å²) in [6.45, 7) is 0. The van der Waals surface area contributed by atoms with Gasteiger partial charge in [0.25, 0.3) is 9.84 Å². The molecule has 3 rings (SSSR count). The van der Waals surface area contributed by atoms with E-state index in [0.717, 1.165) is 18.5 Å². The lowest BCUT2D eigenvalue weighted by atomic mass is 10.1. The van der Waals surface area contributed by atoms with Crippen molar-refractivity contribution in [3.8, 4) is 11.5 Å². The number of sulfone groups is 1. The minimum atomic E-state index is -6.06. The number of alkyl halides is 5. The van der Waals surface area contributed by atoms with E-state index in [2.05, 4.69) is 4.98 Å². The first-order valence-corrected chi connectivity index (χ1v) is 8.51. The van der Waals surface area contributed by atoms with Crippen molar-refractivity contribution in [3.05, 3.63) is 47.5 Å². The molecule has 0 N–H and O–H groups in total. The molecule has 0 radical (unpaired) electrons. The first kappa shape index (κ1) is 19.1. The molecule has 0 saturated heterocycles. The van der Waals surface area contributed by atoms with E-state index in [-0.39, 0.29) is 5.75 Å². The largest absolute Gasteiger partial charge is 0.501 e. The Morgan fingerprint density at radius 2 is 1.81 bits per heavy atom. The maximum Gasteiger partial charge on any atom is 0.501 e. The highest BCUT2D eigenvalue weighted by Gasteiger charge is 2.55. The Balaban J connectivity index is 2.20. The molecule has 1 aliphatic carbocycles. The molecule has 0 fully saturated rings. The normalized spacial score (nSPS) is 16.3. The second-order valence-electron chi connectivity index (χ2n) is 5.52. The highest BCUT2D eigenvalue weighted by Crippen LogP contribution is 2.45. The van der Waals surface area contributed by atoms with Crippen LogP contribution in [0.25, 0.3) is 0 Å². The molecular weight excluding hydrogens is 404 g/mol. The first-order chi connectivity index (χ1) is 12.3. The van der Waals surface area contributed by atoms with Gasteiger partial charge in [-0.1, -0.05) is 0 Å². The van der Waals surface area contributed by atoms with Crippen LogP contribution in [-0.4, -0.2) is 30.6 Å². The molecular formula is C15H7F6NO4S. The van der Waals surface area contributed by atoms with Crippen molar-refractivity contribution in [2.24, 2.45) is 0 Å². The van der Waals surface area contributed by atoms with Crippen LogP contribution in [0, 0.1) is 5.82 Å². The lowest BCUT2D eigenvalue weighted by Gasteiger charge is -2.14. The Bertz CT molecular complexity index is 1050. The minimum absolute atomic E-state index is 0.286. The van der Waals surface area contributed by atoms with Crippen molar-refractivity contribution in [3.63, 3.8) is 0 Å². The van der Waals surface area contributed by atoms with Gasteiger partial charge in [0.05, 0.1) is 22.9 Å². The number of rotatable bonds is 3. The van der Waals surface area contributed by atoms with Crippen LogP contribution in [0.4, 0.5) is 26.3 Å². The number of Topliss-reactive ketones (excluding diaryl/α,β-unsaturated/α-hetero) is 1. The zero-order valence-electron chi connectivity index (χ0n) is 12.9. The maximum atomic E-state index is 13.8. The Kier molecular flexibility index (Phi) is 4.21. The molecule has 5 nitrogen and oxygen atoms in total. The number of pyridine rings is 1. The topological polar surface area (TPSA) is 73.3 Å². The van der Waals surface area contributed by atoms with Gasteiger partial charge in [-0.2, -0.15) is 22.0 Å². The van der Waals surface area contributed by atoms with Gasteiger partial charge in [0.15, 0.2) is 0 Å². The molecule has 12 heteroatoms. The Hall–Kier alpha value is -2.63. The van der Waals surface area contributed by atoms with E-state index in [0.29, 0.717) is 12.1 Å². The number of hydrogen-bond donors (Lipinski definition) is 0. The average Bonchev–Trinajstić information content (AvgIpc) is 2.77. The van der Waals surface area contributed by atoms with Gasteiger partial charge in [-0.15, -0.1) is 0 Å². The number of halogens is 6. The summed E-state index contributed by atoms with van der Waals surface area (Å²) < 4.78 is 108. The van der Waals surface area contributed by atoms with E-state index in [1.807, 2.05) is 0 Å². The fourth-order valence-corrected chi connectivity index (χ4v) is 3.52. The summed E-state index contributed by atoms with van der Waals surface area (Å²) in [7, 11) is -6.06. The van der Waals surface area contributed by atoms with Crippen molar-refractivity contribution in [1.29, 1.82) is 0 Å². The van der Waals surface area contributed by atoms with Crippen LogP contribution in [0.3, 0.4) is 0 Å². The lowest BCUT2D eigenvalue weighted by molar-refractivity contribution is -0.0436. The van der Waals surface area contributed by atoms with Gasteiger partial charge >= 0.3 is 11.4 Å². The number of ketones is 1. The van der Waals surface area contributed by atoms with Gasteiger partial charge in [0.2, 0.25) is 5.78 Å². The van der Waals surface area contributed by atoms with Crippen molar-refractivity contribution in [2.75, 3.05) is 0 Å². The standard InChI is InChI=1S/C15H7F6NO4S/c16-7-3-8(6-22-5-7)26-10-1-2-11(27(24,25)15(19,20)21)12-9(10)4-14(17,18)13(12)23/h1-3,5-6H,4H2. The summed E-state index contributed by atoms with van der Waals surface area (Å²) in [6, 6.07) is 1.86. The number of nitrogens with zero attached hydrogens (tertiary/aromatic N) is 1. The van der Waals surface area contributed by atoms with E-state index >= 15 is 0 Å². The van der Waals surface area contributed by atoms with Crippen LogP contribution in [0.5, 0.6) is 11.5 Å². The van der Waals surface area contributed by atoms with Gasteiger partial charge in [-0.3, -0.25) is 9.78 Å². The van der Waals surface area contributed by atoms with Crippen LogP contribution >= 0.6 is 0 Å². The molecule has 2 aromatic rings. The second kappa shape index (κ2) is 5.94. The highest BCUT2D eigenvalue weighted by atomic mass is 32.2. The number of ether oxygens (including phenoxy) is 1. The molecule has 27 heavy (non-hydrogen) atoms. The van der Waals surface area contributed by atoms with Crippen molar-refractivity contribution in [1.82, 2.24) is 4.98 Å². The third kappa shape index (κ3) is 3.13. The number of hydrogen-bond acceptors (Lipinski definition) is 5. The molecule has 0 amide bonds. The summed E-state index contributed by atoms with van der Waals surface area (Å²) in [5.41, 5.74) is -7.81. The minimum Gasteiger partial charge on any atom is -0.455 e. The molecule has 1 aromatic carbocycles. The molecule has 0 bridgehead atoms. The van der Waals surface area contributed by atoms with Crippen molar-refractivity contribution >= 4 is 15.6 Å². The zero-order chi connectivity index (χ0) is 20.2. The molecule has 0 aliphatic heterocycles. The quantitative estimate of drug-likeness (QED) is 0.721. The SMILES string of the molecule is O=C1c2c(S(=O)(=O)C(F)(F)F)ccc(Oc3cncc(F)c3)c2CC1(F)F. The summed E-state index contributed by atoms with van der Waals surface area (Å²) >= 11 is 0. The molecule has 0 unspecified atom stereocenters. The first-order valence-electron chi connectivity index (χ1n) is 7.03. The van der Waals surface area contributed by atoms with E-state index in [9.17, 15) is 39.6 Å². The van der Waals surface area contributed by atoms with Crippen molar-refractivity contribution < 1.29 is 44.3 Å². The van der Waals surface area contributed by atoms with E-state index in [4.69, 9.17) is 4.74 Å². The summed E-state index contributed by atoms with van der Waals surface area (Å²) in [6.07, 6.45) is 0.444. The number of carbonyl (C=O) groups excluding carboxylic acids is 1. The molecule has 0 spiro atoms. The molecule has 1 aromatic heterocycles. The Morgan fingerprint density at radius 1 is 1.15 bits per heavy atom. The van der Waals surface area contributed by atoms with Gasteiger partial charge in [0.1, 0.15) is 17.3 Å². The van der Waals surface area contributed by atoms with Crippen LogP contribution in [0.2, 0.25) is 0 Å². The van der Waals surface area contributed by atoms with Gasteiger partial charge in [-0.25, -0.2) is 12.8 Å². The lowest BCUT2D eigenvalue weighted by Crippen LogP contribution is -2.28. The molecule has 1 aliphatic rings. The number of fused-ring (bicyclic) bond motifs is 1. The van der Waals surface area contributed by atoms with Crippen LogP contribution in [0.1, 0.15) is 15.9 Å². The van der Waals surface area contributed by atoms with Crippen LogP contribution in [-0.2, 0) is 16.3 Å². The van der Waals surface area contributed by atoms with Gasteiger partial charge in [0, 0.05) is 18.1 Å². The second-order valence-corrected chi connectivity index (χ2v) is 7.43. The number of carbonyl (C=O) groups is 1. The number of aromatic nitrogens is 1. The maximum absolute atomic E-state index is 13.8. The summed E-state index contributed by atoms with van der Waals surface area (Å²) in [4.78, 5) is 13.7. The Labute approximate surface area is 147 Å². The highest BCUT2D eigenvalue weighted by molar-refractivity contribution is 7.92. The van der Waals surface area contributed by atoms with Gasteiger partial charge in [-0.05, 0) is 12.1 Å². The number of benzene rings is 1. The van der Waals surface area contributed by atoms with Crippen molar-refractivity contribution in [2.45, 2.75) is 22.7 Å². The van der Waals surface area contributed by atoms with Crippen LogP contribution < -0.4 is 4.74 Å². The third-order valence-corrected chi connectivity index (χ3v) is 5.22. The van der Waals surface area contributed by atoms with E-state index in [1.165, 1.54) is 0 Å². The average molecular weight is 411 g/mol. The fourth-order valence-electron chi connectivity index (χ4n) is 2.54. The summed E-state index contributed by atoms with van der Waals surface area (Å²) in [5.74, 6) is -7.82. The molecule has 1 heterocycles. The zero-order valence-corrected chi connectivity index (χ0v) is 13.7. The predicted molar refractivity (Wildman–Crippen MR) is 76.9 cm³/mol. The molecule has 0 atom stereocenters. The summed E-state index contributed by atoms with van der Waals surface area (Å²) in [5, 5.41) is 0. The fraction of sp³-hybridized carbons (Fsp3) is 0.200. The molecule has 0 saturated carbocycles. The molecule has 144 valence electrons. The smallest absolute Gasteiger partial charge is 0.455 e. The van der Waals surface area contributed by atoms with E-state index < -0.39 is 61.1 Å². The third-order valence-electron chi connectivity index (χ3n) is 3.69. The van der Waals surface area contributed by atoms with Gasteiger partial charge < -0.3 is 4.74 Å². The van der Waals surface area contributed by atoms with E-state index in [1.54, 1.807) is 0 Å². The predicted octanol–water partition coefficient (Wildman–Crippen LogP) is 3.68. The Morgan fingerprint density at radius 3 is 2.41 bits per heavy atom.